The number of benzene rings is 1. The van der Waals surface area contributed by atoms with Gasteiger partial charge in [0, 0.05) is 17.3 Å². The zero-order chi connectivity index (χ0) is 15.2. The predicted octanol–water partition coefficient (Wildman–Crippen LogP) is 2.63. The molecule has 0 aliphatic carbocycles. The summed E-state index contributed by atoms with van der Waals surface area (Å²) >= 11 is 1.62. The molecule has 5 nitrogen and oxygen atoms in total. The summed E-state index contributed by atoms with van der Waals surface area (Å²) in [7, 11) is 0. The molecule has 1 N–H and O–H groups in total. The molecule has 0 saturated carbocycles. The molecule has 1 aromatic carbocycles. The molecule has 112 valence electrons. The second-order valence-corrected chi connectivity index (χ2v) is 5.62. The highest BCUT2D eigenvalue weighted by Gasteiger charge is 2.04. The van der Waals surface area contributed by atoms with Gasteiger partial charge < -0.3 is 10.1 Å². The lowest BCUT2D eigenvalue weighted by molar-refractivity contribution is -0.123. The maximum atomic E-state index is 11.7. The van der Waals surface area contributed by atoms with E-state index < -0.39 is 0 Å². The van der Waals surface area contributed by atoms with Gasteiger partial charge in [-0.3, -0.25) is 4.79 Å². The van der Waals surface area contributed by atoms with E-state index in [2.05, 4.69) is 10.4 Å². The van der Waals surface area contributed by atoms with Crippen molar-refractivity contribution in [1.82, 2.24) is 15.1 Å². The molecular weight excluding hydrogens is 298 g/mol. The molecule has 0 fully saturated rings. The highest BCUT2D eigenvalue weighted by atomic mass is 32.1. The Balaban J connectivity index is 1.48. The topological polar surface area (TPSA) is 56.2 Å². The zero-order valence-corrected chi connectivity index (χ0v) is 12.6. The Morgan fingerprint density at radius 3 is 2.77 bits per heavy atom. The summed E-state index contributed by atoms with van der Waals surface area (Å²) in [5.74, 6) is 0.520. The molecule has 3 aromatic rings. The fourth-order valence-corrected chi connectivity index (χ4v) is 2.56. The molecule has 0 bridgehead atoms. The number of aromatic nitrogens is 2. The Kier molecular flexibility index (Phi) is 4.50. The number of rotatable bonds is 6. The minimum Gasteiger partial charge on any atom is -0.484 e. The summed E-state index contributed by atoms with van der Waals surface area (Å²) in [5, 5.41) is 8.96. The third-order valence-electron chi connectivity index (χ3n) is 3.02. The lowest BCUT2D eigenvalue weighted by Gasteiger charge is -2.08. The van der Waals surface area contributed by atoms with Crippen molar-refractivity contribution in [3.8, 4) is 11.4 Å². The average Bonchev–Trinajstić information content (AvgIpc) is 3.24. The van der Waals surface area contributed by atoms with Crippen LogP contribution in [-0.2, 0) is 11.3 Å². The van der Waals surface area contributed by atoms with E-state index in [0.29, 0.717) is 12.3 Å². The highest BCUT2D eigenvalue weighted by molar-refractivity contribution is 7.09. The summed E-state index contributed by atoms with van der Waals surface area (Å²) in [5.41, 5.74) is 0.944. The number of nitrogens with zero attached hydrogens (tertiary/aromatic N) is 2. The molecule has 6 heteroatoms. The van der Waals surface area contributed by atoms with Gasteiger partial charge in [0.05, 0.1) is 12.2 Å². The fraction of sp³-hybridized carbons (Fsp3) is 0.125. The second kappa shape index (κ2) is 6.91. The molecule has 0 spiro atoms. The van der Waals surface area contributed by atoms with E-state index in [1.165, 1.54) is 0 Å². The Morgan fingerprint density at radius 1 is 1.23 bits per heavy atom. The first-order valence-electron chi connectivity index (χ1n) is 6.83. The molecule has 3 rings (SSSR count). The van der Waals surface area contributed by atoms with Crippen molar-refractivity contribution in [1.29, 1.82) is 0 Å². The molecule has 0 radical (unpaired) electrons. The standard InChI is InChI=1S/C16H15N3O2S/c20-16(17-11-15-3-1-10-22-15)12-21-14-6-4-13(5-7-14)19-9-2-8-18-19/h1-10H,11-12H2,(H,17,20). The van der Waals surface area contributed by atoms with Crippen molar-refractivity contribution < 1.29 is 9.53 Å². The second-order valence-electron chi connectivity index (χ2n) is 4.59. The Bertz CT molecular complexity index is 706. The average molecular weight is 313 g/mol. The van der Waals surface area contributed by atoms with Crippen LogP contribution in [0.15, 0.2) is 60.2 Å². The maximum absolute atomic E-state index is 11.7. The number of carbonyl (C=O) groups excluding carboxylic acids is 1. The molecule has 22 heavy (non-hydrogen) atoms. The fourth-order valence-electron chi connectivity index (χ4n) is 1.92. The number of carbonyl (C=O) groups is 1. The van der Waals surface area contributed by atoms with Crippen LogP contribution in [0.1, 0.15) is 4.88 Å². The Morgan fingerprint density at radius 2 is 2.09 bits per heavy atom. The Labute approximate surface area is 132 Å². The quantitative estimate of drug-likeness (QED) is 0.761. The van der Waals surface area contributed by atoms with E-state index >= 15 is 0 Å². The van der Waals surface area contributed by atoms with Crippen molar-refractivity contribution in [2.24, 2.45) is 0 Å². The van der Waals surface area contributed by atoms with Gasteiger partial charge in [-0.25, -0.2) is 4.68 Å². The first-order chi connectivity index (χ1) is 10.8. The molecule has 2 aromatic heterocycles. The van der Waals surface area contributed by atoms with Gasteiger partial charge in [0.1, 0.15) is 5.75 Å². The lowest BCUT2D eigenvalue weighted by Crippen LogP contribution is -2.28. The first kappa shape index (κ1) is 14.3. The molecule has 0 aliphatic rings. The monoisotopic (exact) mass is 313 g/mol. The number of ether oxygens (including phenoxy) is 1. The van der Waals surface area contributed by atoms with Crippen LogP contribution in [0, 0.1) is 0 Å². The molecule has 0 aliphatic heterocycles. The van der Waals surface area contributed by atoms with Gasteiger partial charge in [0.2, 0.25) is 0 Å². The zero-order valence-electron chi connectivity index (χ0n) is 11.8. The van der Waals surface area contributed by atoms with Gasteiger partial charge in [0.25, 0.3) is 5.91 Å². The summed E-state index contributed by atoms with van der Waals surface area (Å²) in [4.78, 5) is 12.8. The third-order valence-corrected chi connectivity index (χ3v) is 3.89. The Hall–Kier alpha value is -2.60. The van der Waals surface area contributed by atoms with E-state index in [9.17, 15) is 4.79 Å². The van der Waals surface area contributed by atoms with Crippen LogP contribution < -0.4 is 10.1 Å². The van der Waals surface area contributed by atoms with Crippen molar-refractivity contribution >= 4 is 17.2 Å². The van der Waals surface area contributed by atoms with E-state index in [1.54, 1.807) is 22.2 Å². The smallest absolute Gasteiger partial charge is 0.258 e. The van der Waals surface area contributed by atoms with Crippen LogP contribution in [-0.4, -0.2) is 22.3 Å². The minimum atomic E-state index is -0.135. The number of hydrogen-bond donors (Lipinski definition) is 1. The van der Waals surface area contributed by atoms with E-state index in [-0.39, 0.29) is 12.5 Å². The van der Waals surface area contributed by atoms with Crippen molar-refractivity contribution in [2.45, 2.75) is 6.54 Å². The van der Waals surface area contributed by atoms with Gasteiger partial charge in [-0.2, -0.15) is 5.10 Å². The van der Waals surface area contributed by atoms with Gasteiger partial charge in [-0.05, 0) is 41.8 Å². The van der Waals surface area contributed by atoms with Crippen LogP contribution in [0.5, 0.6) is 5.75 Å². The first-order valence-corrected chi connectivity index (χ1v) is 7.71. The molecule has 2 heterocycles. The van der Waals surface area contributed by atoms with Crippen LogP contribution in [0.3, 0.4) is 0 Å². The predicted molar refractivity (Wildman–Crippen MR) is 85.2 cm³/mol. The third kappa shape index (κ3) is 3.73. The molecule has 1 amide bonds. The normalized spacial score (nSPS) is 10.4. The van der Waals surface area contributed by atoms with Crippen LogP contribution in [0.2, 0.25) is 0 Å². The summed E-state index contributed by atoms with van der Waals surface area (Å²) < 4.78 is 7.23. The summed E-state index contributed by atoms with van der Waals surface area (Å²) in [6.45, 7) is 0.546. The van der Waals surface area contributed by atoms with Gasteiger partial charge in [0.15, 0.2) is 6.61 Å². The van der Waals surface area contributed by atoms with E-state index in [0.717, 1.165) is 10.6 Å². The molecule has 0 atom stereocenters. The minimum absolute atomic E-state index is 0.00644. The van der Waals surface area contributed by atoms with Crippen LogP contribution in [0.4, 0.5) is 0 Å². The van der Waals surface area contributed by atoms with E-state index in [4.69, 9.17) is 4.74 Å². The number of nitrogens with one attached hydrogen (secondary N) is 1. The maximum Gasteiger partial charge on any atom is 0.258 e. The van der Waals surface area contributed by atoms with Crippen LogP contribution in [0.25, 0.3) is 5.69 Å². The molecular formula is C16H15N3O2S. The number of amides is 1. The van der Waals surface area contributed by atoms with Crippen LogP contribution >= 0.6 is 11.3 Å². The highest BCUT2D eigenvalue weighted by Crippen LogP contribution is 2.14. The number of hydrogen-bond acceptors (Lipinski definition) is 4. The van der Waals surface area contributed by atoms with Gasteiger partial charge >= 0.3 is 0 Å². The lowest BCUT2D eigenvalue weighted by atomic mass is 10.3. The SMILES string of the molecule is O=C(COc1ccc(-n2cccn2)cc1)NCc1cccs1. The molecule has 0 unspecified atom stereocenters. The van der Waals surface area contributed by atoms with Gasteiger partial charge in [-0.15, -0.1) is 11.3 Å². The van der Waals surface area contributed by atoms with Crippen molar-refractivity contribution in [3.63, 3.8) is 0 Å². The van der Waals surface area contributed by atoms with E-state index in [1.807, 2.05) is 54.0 Å². The summed E-state index contributed by atoms with van der Waals surface area (Å²) in [6, 6.07) is 13.2. The van der Waals surface area contributed by atoms with Gasteiger partial charge in [-0.1, -0.05) is 6.07 Å². The van der Waals surface area contributed by atoms with Crippen molar-refractivity contribution in [2.75, 3.05) is 6.61 Å². The molecule has 0 saturated heterocycles. The number of thiophene rings is 1. The largest absolute Gasteiger partial charge is 0.484 e. The van der Waals surface area contributed by atoms with Crippen molar-refractivity contribution in [3.05, 3.63) is 65.1 Å². The summed E-state index contributed by atoms with van der Waals surface area (Å²) in [6.07, 6.45) is 3.59.